The minimum atomic E-state index is -4.72. The molecule has 0 bridgehead atoms. The van der Waals surface area contributed by atoms with Crippen molar-refractivity contribution in [3.8, 4) is 0 Å². The van der Waals surface area contributed by atoms with E-state index in [1.165, 1.54) is 0 Å². The smallest absolute Gasteiger partial charge is 0.322 e. The molecule has 21 heavy (non-hydrogen) atoms. The van der Waals surface area contributed by atoms with Crippen molar-refractivity contribution < 1.29 is 36.6 Å². The molecule has 0 spiro atoms. The molecular formula is C11H10F3NO5S. The quantitative estimate of drug-likeness (QED) is 0.780. The van der Waals surface area contributed by atoms with Gasteiger partial charge in [0.2, 0.25) is 10.0 Å². The van der Waals surface area contributed by atoms with E-state index < -0.39 is 57.0 Å². The number of halogens is 3. The lowest BCUT2D eigenvalue weighted by molar-refractivity contribution is -0.140. The molecule has 1 aromatic rings. The van der Waals surface area contributed by atoms with E-state index in [1.807, 2.05) is 0 Å². The van der Waals surface area contributed by atoms with Crippen molar-refractivity contribution in [1.29, 1.82) is 0 Å². The van der Waals surface area contributed by atoms with Gasteiger partial charge in [0.25, 0.3) is 0 Å². The largest absolute Gasteiger partial charge is 0.480 e. The van der Waals surface area contributed by atoms with Gasteiger partial charge in [-0.15, -0.1) is 0 Å². The number of benzene rings is 1. The van der Waals surface area contributed by atoms with E-state index in [9.17, 15) is 31.5 Å². The SMILES string of the molecule is O=C(O)[C@@H]1C[C@@H](O)CN1S(=O)(=O)c1ccc(F)c(F)c1F. The first-order chi connectivity index (χ1) is 9.66. The van der Waals surface area contributed by atoms with Gasteiger partial charge in [-0.1, -0.05) is 0 Å². The highest BCUT2D eigenvalue weighted by molar-refractivity contribution is 7.89. The van der Waals surface area contributed by atoms with Crippen molar-refractivity contribution in [3.63, 3.8) is 0 Å². The monoisotopic (exact) mass is 325 g/mol. The number of aliphatic carboxylic acids is 1. The molecular weight excluding hydrogens is 315 g/mol. The number of rotatable bonds is 3. The molecule has 2 N–H and O–H groups in total. The van der Waals surface area contributed by atoms with Gasteiger partial charge < -0.3 is 10.2 Å². The van der Waals surface area contributed by atoms with Crippen LogP contribution in [0.5, 0.6) is 0 Å². The number of β-amino-alcohol motifs (C(OH)–C–C–N with tert-alkyl or cyclic N) is 1. The molecule has 1 saturated heterocycles. The van der Waals surface area contributed by atoms with Crippen LogP contribution in [0.1, 0.15) is 6.42 Å². The summed E-state index contributed by atoms with van der Waals surface area (Å²) < 4.78 is 64.3. The minimum Gasteiger partial charge on any atom is -0.480 e. The fourth-order valence-electron chi connectivity index (χ4n) is 2.11. The van der Waals surface area contributed by atoms with Crippen LogP contribution in [0.25, 0.3) is 0 Å². The molecule has 0 aromatic heterocycles. The Bertz CT molecular complexity index is 693. The van der Waals surface area contributed by atoms with Crippen molar-refractivity contribution in [3.05, 3.63) is 29.6 Å². The van der Waals surface area contributed by atoms with Crippen LogP contribution in [0, 0.1) is 17.5 Å². The van der Waals surface area contributed by atoms with Gasteiger partial charge in [0.05, 0.1) is 6.10 Å². The highest BCUT2D eigenvalue weighted by atomic mass is 32.2. The molecule has 0 unspecified atom stereocenters. The molecule has 0 amide bonds. The van der Waals surface area contributed by atoms with Crippen LogP contribution >= 0.6 is 0 Å². The Balaban J connectivity index is 2.52. The summed E-state index contributed by atoms with van der Waals surface area (Å²) in [5.74, 6) is -7.00. The third-order valence-electron chi connectivity index (χ3n) is 3.11. The maximum absolute atomic E-state index is 13.6. The first-order valence-corrected chi connectivity index (χ1v) is 7.16. The number of carboxylic acids is 1. The van der Waals surface area contributed by atoms with Crippen LogP contribution in [-0.4, -0.2) is 47.6 Å². The Kier molecular flexibility index (Phi) is 3.95. The molecule has 1 aromatic carbocycles. The molecule has 10 heteroatoms. The number of hydrogen-bond acceptors (Lipinski definition) is 4. The van der Waals surface area contributed by atoms with Crippen LogP contribution in [0.3, 0.4) is 0 Å². The van der Waals surface area contributed by atoms with E-state index in [0.717, 1.165) is 0 Å². The summed E-state index contributed by atoms with van der Waals surface area (Å²) in [5.41, 5.74) is 0. The maximum Gasteiger partial charge on any atom is 0.322 e. The van der Waals surface area contributed by atoms with Crippen molar-refractivity contribution in [2.75, 3.05) is 6.54 Å². The molecule has 6 nitrogen and oxygen atoms in total. The molecule has 0 aliphatic carbocycles. The van der Waals surface area contributed by atoms with Gasteiger partial charge in [-0.05, 0) is 12.1 Å². The van der Waals surface area contributed by atoms with Gasteiger partial charge in [0, 0.05) is 13.0 Å². The van der Waals surface area contributed by atoms with E-state index in [-0.39, 0.29) is 6.42 Å². The lowest BCUT2D eigenvalue weighted by atomic mass is 10.2. The molecule has 0 radical (unpaired) electrons. The predicted molar refractivity (Wildman–Crippen MR) is 62.3 cm³/mol. The third kappa shape index (κ3) is 2.61. The Morgan fingerprint density at radius 1 is 1.24 bits per heavy atom. The van der Waals surface area contributed by atoms with Gasteiger partial charge in [0.15, 0.2) is 17.5 Å². The molecule has 1 aliphatic heterocycles. The normalized spacial score (nSPS) is 23.4. The standard InChI is InChI=1S/C11H10F3NO5S/c12-6-1-2-8(10(14)9(6)13)21(19,20)15-4-5(16)3-7(15)11(17)18/h1-2,5,7,16H,3-4H2,(H,17,18)/t5-,7+/m1/s1. The van der Waals surface area contributed by atoms with Crippen LogP contribution < -0.4 is 0 Å². The van der Waals surface area contributed by atoms with Gasteiger partial charge >= 0.3 is 5.97 Å². The lowest BCUT2D eigenvalue weighted by Crippen LogP contribution is -2.40. The Hall–Kier alpha value is -1.65. The fraction of sp³-hybridized carbons (Fsp3) is 0.364. The second-order valence-corrected chi connectivity index (χ2v) is 6.35. The van der Waals surface area contributed by atoms with Crippen molar-refractivity contribution >= 4 is 16.0 Å². The molecule has 2 atom stereocenters. The van der Waals surface area contributed by atoms with Crippen LogP contribution in [-0.2, 0) is 14.8 Å². The number of nitrogens with zero attached hydrogens (tertiary/aromatic N) is 1. The predicted octanol–water partition coefficient (Wildman–Crippen LogP) is 0.312. The number of sulfonamides is 1. The lowest BCUT2D eigenvalue weighted by Gasteiger charge is -2.21. The fourth-order valence-corrected chi connectivity index (χ4v) is 3.80. The molecule has 1 heterocycles. The number of carboxylic acid groups (broad SMARTS) is 1. The summed E-state index contributed by atoms with van der Waals surface area (Å²) in [6.07, 6.45) is -1.62. The minimum absolute atomic E-state index is 0.357. The average molecular weight is 325 g/mol. The summed E-state index contributed by atoms with van der Waals surface area (Å²) in [6.45, 7) is -0.572. The number of carbonyl (C=O) groups is 1. The van der Waals surface area contributed by atoms with E-state index in [2.05, 4.69) is 0 Å². The van der Waals surface area contributed by atoms with Gasteiger partial charge in [-0.3, -0.25) is 4.79 Å². The second kappa shape index (κ2) is 5.28. The zero-order chi connectivity index (χ0) is 15.9. The topological polar surface area (TPSA) is 94.9 Å². The van der Waals surface area contributed by atoms with Crippen LogP contribution in [0.2, 0.25) is 0 Å². The average Bonchev–Trinajstić information content (AvgIpc) is 2.79. The summed E-state index contributed by atoms with van der Waals surface area (Å²) in [5, 5.41) is 18.3. The summed E-state index contributed by atoms with van der Waals surface area (Å²) >= 11 is 0. The maximum atomic E-state index is 13.6. The zero-order valence-corrected chi connectivity index (χ0v) is 11.1. The van der Waals surface area contributed by atoms with Crippen LogP contribution in [0.4, 0.5) is 13.2 Å². The Labute approximate surface area is 117 Å². The molecule has 2 rings (SSSR count). The Morgan fingerprint density at radius 3 is 2.43 bits per heavy atom. The summed E-state index contributed by atoms with van der Waals surface area (Å²) in [6, 6.07) is -0.669. The molecule has 1 aliphatic rings. The van der Waals surface area contributed by atoms with E-state index >= 15 is 0 Å². The zero-order valence-electron chi connectivity index (χ0n) is 10.3. The first-order valence-electron chi connectivity index (χ1n) is 5.72. The van der Waals surface area contributed by atoms with Gasteiger partial charge in [-0.25, -0.2) is 21.6 Å². The van der Waals surface area contributed by atoms with Crippen LogP contribution in [0.15, 0.2) is 17.0 Å². The van der Waals surface area contributed by atoms with Crippen molar-refractivity contribution in [1.82, 2.24) is 4.31 Å². The molecule has 116 valence electrons. The highest BCUT2D eigenvalue weighted by Crippen LogP contribution is 2.29. The Morgan fingerprint density at radius 2 is 1.86 bits per heavy atom. The highest BCUT2D eigenvalue weighted by Gasteiger charge is 2.44. The second-order valence-electron chi connectivity index (χ2n) is 4.49. The van der Waals surface area contributed by atoms with Crippen molar-refractivity contribution in [2.45, 2.75) is 23.5 Å². The summed E-state index contributed by atoms with van der Waals surface area (Å²) in [7, 11) is -4.72. The number of aliphatic hydroxyl groups excluding tert-OH is 1. The first kappa shape index (κ1) is 15.7. The molecule has 0 saturated carbocycles. The molecule has 1 fully saturated rings. The van der Waals surface area contributed by atoms with E-state index in [1.54, 1.807) is 0 Å². The number of aliphatic hydroxyl groups is 1. The van der Waals surface area contributed by atoms with Gasteiger partial charge in [0.1, 0.15) is 10.9 Å². The van der Waals surface area contributed by atoms with E-state index in [4.69, 9.17) is 5.11 Å². The van der Waals surface area contributed by atoms with Crippen molar-refractivity contribution in [2.24, 2.45) is 0 Å². The third-order valence-corrected chi connectivity index (χ3v) is 5.00. The van der Waals surface area contributed by atoms with E-state index in [0.29, 0.717) is 16.4 Å². The number of hydrogen-bond donors (Lipinski definition) is 2. The summed E-state index contributed by atoms with van der Waals surface area (Å²) in [4.78, 5) is 9.82. The van der Waals surface area contributed by atoms with Gasteiger partial charge in [-0.2, -0.15) is 4.31 Å².